The number of rotatable bonds is 63. The van der Waals surface area contributed by atoms with Crippen LogP contribution in [0.5, 0.6) is 0 Å². The summed E-state index contributed by atoms with van der Waals surface area (Å²) < 4.78 is 47.3. The van der Waals surface area contributed by atoms with Gasteiger partial charge in [-0.2, -0.15) is 0 Å². The van der Waals surface area contributed by atoms with Crippen molar-refractivity contribution in [1.82, 2.24) is 0 Å². The van der Waals surface area contributed by atoms with Crippen LogP contribution in [0.15, 0.2) is 0 Å². The zero-order chi connectivity index (χ0) is 53.0. The minimum Gasteiger partial charge on any atom is -0.462 e. The Hall–Kier alpha value is -1.30. The molecule has 0 aromatic rings. The molecule has 0 aliphatic heterocycles. The summed E-state index contributed by atoms with van der Waals surface area (Å²) in [4.78, 5) is 25.8. The Kier molecular flexibility index (Phi) is 60.5. The maximum atomic E-state index is 12.9. The molecule has 0 aliphatic carbocycles. The molecule has 0 rings (SSSR count). The Morgan fingerprint density at radius 3 is 0.918 bits per heavy atom. The van der Waals surface area contributed by atoms with Crippen molar-refractivity contribution in [2.75, 3.05) is 72.7 Å². The molecule has 0 aromatic heterocycles. The van der Waals surface area contributed by atoms with Crippen molar-refractivity contribution in [2.24, 2.45) is 0 Å². The normalized spacial score (nSPS) is 12.5. The van der Waals surface area contributed by atoms with Crippen LogP contribution < -0.4 is 0 Å². The molecule has 73 heavy (non-hydrogen) atoms. The predicted molar refractivity (Wildman–Crippen MR) is 306 cm³/mol. The van der Waals surface area contributed by atoms with E-state index in [0.29, 0.717) is 78.9 Å². The van der Waals surface area contributed by atoms with Gasteiger partial charge in [0.1, 0.15) is 18.3 Å². The summed E-state index contributed by atoms with van der Waals surface area (Å²) >= 11 is 0. The zero-order valence-electron chi connectivity index (χ0n) is 49.3. The molecule has 0 aromatic carbocycles. The van der Waals surface area contributed by atoms with Gasteiger partial charge in [-0.1, -0.05) is 208 Å². The maximum Gasteiger partial charge on any atom is 0.306 e. The summed E-state index contributed by atoms with van der Waals surface area (Å²) in [5.74, 6) is -0.00842. The Bertz CT molecular complexity index is 1060. The van der Waals surface area contributed by atoms with Gasteiger partial charge in [0.15, 0.2) is 0 Å². The minimum absolute atomic E-state index is 0.00199. The molecule has 0 saturated carbocycles. The molecule has 2 unspecified atom stereocenters. The highest BCUT2D eigenvalue weighted by atomic mass is 16.6. The number of ether oxygens (including phenoxy) is 8. The first-order valence-electron chi connectivity index (χ1n) is 31.9. The smallest absolute Gasteiger partial charge is 0.306 e. The van der Waals surface area contributed by atoms with Crippen LogP contribution in [0.4, 0.5) is 0 Å². The van der Waals surface area contributed by atoms with E-state index < -0.39 is 0 Å². The lowest BCUT2D eigenvalue weighted by Gasteiger charge is -2.19. The summed E-state index contributed by atoms with van der Waals surface area (Å²) in [6, 6.07) is 0. The molecule has 0 saturated heterocycles. The number of unbranched alkanes of at least 4 members (excludes halogenated alkanes) is 29. The lowest BCUT2D eigenvalue weighted by Crippen LogP contribution is -2.27. The number of hydrogen-bond donors (Lipinski definition) is 0. The van der Waals surface area contributed by atoms with E-state index in [1.54, 1.807) is 0 Å². The molecular formula is C63H124O10. The van der Waals surface area contributed by atoms with Gasteiger partial charge in [0, 0.05) is 32.7 Å². The van der Waals surface area contributed by atoms with E-state index in [2.05, 4.69) is 34.6 Å². The highest BCUT2D eigenvalue weighted by Gasteiger charge is 2.16. The lowest BCUT2D eigenvalue weighted by molar-refractivity contribution is -0.151. The summed E-state index contributed by atoms with van der Waals surface area (Å²) in [7, 11) is 0. The van der Waals surface area contributed by atoms with E-state index in [9.17, 15) is 9.59 Å². The summed E-state index contributed by atoms with van der Waals surface area (Å²) in [6.45, 7) is 17.5. The van der Waals surface area contributed by atoms with Crippen molar-refractivity contribution >= 4 is 11.9 Å². The molecule has 0 aliphatic rings. The Morgan fingerprint density at radius 2 is 0.548 bits per heavy atom. The standard InChI is InChI=1S/C63H124O10/c1-6-11-15-19-23-29-37-45-60(44-36-28-22-18-14-9-4)73-62(64)46-38-30-24-32-40-49-69-57-61(58-70-56-55-68-54-53-67-52-51-66-48-10-5)71-50-41-33-25-31-39-47-63(65)72-59(42-34-26-20-16-12-7-2)43-35-27-21-17-13-8-3/h59-61H,6-58H2,1-5H3. The van der Waals surface area contributed by atoms with Crippen molar-refractivity contribution in [3.63, 3.8) is 0 Å². The first-order valence-corrected chi connectivity index (χ1v) is 31.9. The van der Waals surface area contributed by atoms with E-state index in [-0.39, 0.29) is 30.3 Å². The average Bonchev–Trinajstić information content (AvgIpc) is 3.39. The van der Waals surface area contributed by atoms with Gasteiger partial charge < -0.3 is 37.9 Å². The molecule has 10 nitrogen and oxygen atoms in total. The average molecular weight is 1040 g/mol. The molecule has 436 valence electrons. The molecule has 0 N–H and O–H groups in total. The zero-order valence-corrected chi connectivity index (χ0v) is 49.3. The molecule has 0 spiro atoms. The van der Waals surface area contributed by atoms with Crippen LogP contribution >= 0.6 is 0 Å². The molecule has 2 atom stereocenters. The van der Waals surface area contributed by atoms with Gasteiger partial charge in [-0.25, -0.2) is 0 Å². The fourth-order valence-corrected chi connectivity index (χ4v) is 9.33. The largest absolute Gasteiger partial charge is 0.462 e. The first-order chi connectivity index (χ1) is 36.0. The van der Waals surface area contributed by atoms with E-state index in [1.807, 2.05) is 0 Å². The molecule has 0 radical (unpaired) electrons. The van der Waals surface area contributed by atoms with E-state index in [4.69, 9.17) is 37.9 Å². The Labute approximate surface area is 453 Å². The monoisotopic (exact) mass is 1040 g/mol. The molecular weight excluding hydrogens is 917 g/mol. The fourth-order valence-electron chi connectivity index (χ4n) is 9.33. The highest BCUT2D eigenvalue weighted by molar-refractivity contribution is 5.69. The van der Waals surface area contributed by atoms with E-state index in [0.717, 1.165) is 103 Å². The highest BCUT2D eigenvalue weighted by Crippen LogP contribution is 2.20. The summed E-state index contributed by atoms with van der Waals surface area (Å²) in [5.41, 5.74) is 0. The van der Waals surface area contributed by atoms with Crippen LogP contribution in [-0.2, 0) is 47.5 Å². The van der Waals surface area contributed by atoms with Crippen molar-refractivity contribution in [3.05, 3.63) is 0 Å². The van der Waals surface area contributed by atoms with E-state index in [1.165, 1.54) is 161 Å². The number of carbonyl (C=O) groups is 2. The lowest BCUT2D eigenvalue weighted by atomic mass is 10.0. The van der Waals surface area contributed by atoms with Crippen molar-refractivity contribution < 1.29 is 47.5 Å². The Morgan fingerprint density at radius 1 is 0.260 bits per heavy atom. The number of esters is 2. The number of hydrogen-bond acceptors (Lipinski definition) is 10. The second kappa shape index (κ2) is 61.6. The third-order valence-corrected chi connectivity index (χ3v) is 14.0. The van der Waals surface area contributed by atoms with Crippen LogP contribution in [0, 0.1) is 0 Å². The van der Waals surface area contributed by atoms with Crippen LogP contribution in [0.2, 0.25) is 0 Å². The van der Waals surface area contributed by atoms with Crippen LogP contribution in [0.1, 0.15) is 304 Å². The van der Waals surface area contributed by atoms with Gasteiger partial charge >= 0.3 is 11.9 Å². The van der Waals surface area contributed by atoms with Gasteiger partial charge in [-0.05, 0) is 83.5 Å². The topological polar surface area (TPSA) is 108 Å². The van der Waals surface area contributed by atoms with Gasteiger partial charge in [0.2, 0.25) is 0 Å². The summed E-state index contributed by atoms with van der Waals surface area (Å²) in [6.07, 6.45) is 48.3. The molecule has 10 heteroatoms. The van der Waals surface area contributed by atoms with Gasteiger partial charge in [0.05, 0.1) is 52.9 Å². The van der Waals surface area contributed by atoms with Crippen molar-refractivity contribution in [3.8, 4) is 0 Å². The SMILES string of the molecule is CCCCCCCCCC(CCCCCCCC)OC(=O)CCCCCCCOCC(COCCOCCOCCOCCC)OCCCCCCCC(=O)OC(CCCCCCCC)CCCCCCCC. The predicted octanol–water partition coefficient (Wildman–Crippen LogP) is 17.8. The second-order valence-electron chi connectivity index (χ2n) is 21.3. The molecule has 0 fully saturated rings. The van der Waals surface area contributed by atoms with Crippen LogP contribution in [-0.4, -0.2) is 103 Å². The molecule has 0 amide bonds. The van der Waals surface area contributed by atoms with Crippen molar-refractivity contribution in [2.45, 2.75) is 323 Å². The summed E-state index contributed by atoms with van der Waals surface area (Å²) in [5, 5.41) is 0. The fraction of sp³-hybridized carbons (Fsp3) is 0.968. The van der Waals surface area contributed by atoms with Crippen molar-refractivity contribution in [1.29, 1.82) is 0 Å². The van der Waals surface area contributed by atoms with Gasteiger partial charge in [-0.15, -0.1) is 0 Å². The van der Waals surface area contributed by atoms with Gasteiger partial charge in [-0.3, -0.25) is 9.59 Å². The first kappa shape index (κ1) is 71.7. The van der Waals surface area contributed by atoms with E-state index >= 15 is 0 Å². The van der Waals surface area contributed by atoms with Crippen LogP contribution in [0.3, 0.4) is 0 Å². The van der Waals surface area contributed by atoms with Crippen LogP contribution in [0.25, 0.3) is 0 Å². The number of carbonyl (C=O) groups excluding carboxylic acids is 2. The Balaban J connectivity index is 4.62. The molecule has 0 bridgehead atoms. The van der Waals surface area contributed by atoms with Gasteiger partial charge in [0.25, 0.3) is 0 Å². The third kappa shape index (κ3) is 56.7. The minimum atomic E-state index is -0.136. The third-order valence-electron chi connectivity index (χ3n) is 14.0. The second-order valence-corrected chi connectivity index (χ2v) is 21.3. The molecule has 0 heterocycles. The maximum absolute atomic E-state index is 12.9. The quantitative estimate of drug-likeness (QED) is 0.0432.